The largest absolute Gasteiger partial charge is 0.494 e. The van der Waals surface area contributed by atoms with E-state index >= 15 is 0 Å². The van der Waals surface area contributed by atoms with E-state index < -0.39 is 36.6 Å². The van der Waals surface area contributed by atoms with Gasteiger partial charge in [0.1, 0.15) is 11.7 Å². The Hall–Kier alpha value is -3.75. The zero-order valence-electron chi connectivity index (χ0n) is 32.4. The van der Waals surface area contributed by atoms with Gasteiger partial charge in [0.2, 0.25) is 0 Å². The Kier molecular flexibility index (Phi) is 11.4. The molecule has 3 aromatic rings. The quantitative estimate of drug-likeness (QED) is 0.101. The van der Waals surface area contributed by atoms with Gasteiger partial charge in [0, 0.05) is 18.2 Å². The van der Waals surface area contributed by atoms with Crippen molar-refractivity contribution in [2.75, 3.05) is 7.05 Å². The first-order valence-corrected chi connectivity index (χ1v) is 18.1. The van der Waals surface area contributed by atoms with Crippen LogP contribution in [0.4, 0.5) is 0 Å². The fourth-order valence-corrected chi connectivity index (χ4v) is 6.00. The zero-order valence-corrected chi connectivity index (χ0v) is 32.4. The van der Waals surface area contributed by atoms with Crippen LogP contribution < -0.4 is 10.8 Å². The summed E-state index contributed by atoms with van der Waals surface area (Å²) in [6.45, 7) is 25.0. The zero-order chi connectivity index (χ0) is 37.2. The summed E-state index contributed by atoms with van der Waals surface area (Å²) in [4.78, 5) is 10.2. The van der Waals surface area contributed by atoms with Crippen LogP contribution in [0.3, 0.4) is 0 Å². The first kappa shape index (κ1) is 38.5. The predicted molar refractivity (Wildman–Crippen MR) is 214 cm³/mol. The van der Waals surface area contributed by atoms with Crippen LogP contribution in [0.5, 0.6) is 0 Å². The molecule has 0 radical (unpaired) electrons. The third kappa shape index (κ3) is 8.49. The van der Waals surface area contributed by atoms with Crippen molar-refractivity contribution >= 4 is 31.4 Å². The number of nitrogens with one attached hydrogen (secondary N) is 1. The van der Waals surface area contributed by atoms with Crippen molar-refractivity contribution in [2.45, 2.75) is 104 Å². The molecule has 9 heteroatoms. The second kappa shape index (κ2) is 15.1. The van der Waals surface area contributed by atoms with Crippen molar-refractivity contribution < 1.29 is 18.6 Å². The van der Waals surface area contributed by atoms with Crippen LogP contribution in [0.25, 0.3) is 11.1 Å². The summed E-state index contributed by atoms with van der Waals surface area (Å²) in [5.41, 5.74) is 4.04. The van der Waals surface area contributed by atoms with E-state index in [1.165, 1.54) is 0 Å². The number of benzene rings is 3. The molecule has 1 atom stereocenters. The Bertz CT molecular complexity index is 1750. The smallest absolute Gasteiger partial charge is 0.399 e. The lowest BCUT2D eigenvalue weighted by Gasteiger charge is -2.32. The van der Waals surface area contributed by atoms with Crippen LogP contribution in [0.1, 0.15) is 86.8 Å². The Balaban J connectivity index is 1.52. The van der Waals surface area contributed by atoms with Crippen LogP contribution in [-0.2, 0) is 18.6 Å². The summed E-state index contributed by atoms with van der Waals surface area (Å²) >= 11 is 0. The average molecular weight is 688 g/mol. The predicted octanol–water partition coefficient (Wildman–Crippen LogP) is 8.22. The molecule has 2 saturated heterocycles. The van der Waals surface area contributed by atoms with Crippen LogP contribution in [0.15, 0.2) is 113 Å². The maximum atomic E-state index is 6.52. The average Bonchev–Trinajstić information content (AvgIpc) is 3.45. The Morgan fingerprint density at radius 3 is 1.80 bits per heavy atom. The molecular formula is C42H55B2N3O4. The summed E-state index contributed by atoms with van der Waals surface area (Å²) in [6, 6.07) is 26.9. The van der Waals surface area contributed by atoms with Crippen molar-refractivity contribution in [3.63, 3.8) is 0 Å². The fraction of sp³-hybridized carbons (Fsp3) is 0.429. The maximum Gasteiger partial charge on any atom is 0.494 e. The number of hydrogen-bond acceptors (Lipinski definition) is 6. The van der Waals surface area contributed by atoms with Crippen LogP contribution in [0, 0.1) is 5.92 Å². The third-order valence-electron chi connectivity index (χ3n) is 10.8. The van der Waals surface area contributed by atoms with Gasteiger partial charge in [-0.25, -0.2) is 0 Å². The second-order valence-electron chi connectivity index (χ2n) is 15.9. The van der Waals surface area contributed by atoms with Crippen LogP contribution >= 0.6 is 0 Å². The van der Waals surface area contributed by atoms with Gasteiger partial charge in [-0.2, -0.15) is 0 Å². The summed E-state index contributed by atoms with van der Waals surface area (Å²) in [5, 5.41) is 3.66. The van der Waals surface area contributed by atoms with Crippen LogP contribution in [-0.4, -0.2) is 61.4 Å². The van der Waals surface area contributed by atoms with Crippen molar-refractivity contribution in [1.82, 2.24) is 5.32 Å². The van der Waals surface area contributed by atoms with Crippen molar-refractivity contribution in [3.05, 3.63) is 114 Å². The lowest BCUT2D eigenvalue weighted by Crippen LogP contribution is -2.41. The molecule has 1 N–H and O–H groups in total. The number of allylic oxidation sites excluding steroid dienone is 2. The van der Waals surface area contributed by atoms with Gasteiger partial charge in [-0.1, -0.05) is 105 Å². The molecule has 0 amide bonds. The number of hydrogen-bond donors (Lipinski definition) is 1. The minimum Gasteiger partial charge on any atom is -0.399 e. The molecule has 0 spiro atoms. The Morgan fingerprint density at radius 1 is 0.725 bits per heavy atom. The van der Waals surface area contributed by atoms with Gasteiger partial charge < -0.3 is 23.9 Å². The first-order valence-electron chi connectivity index (χ1n) is 18.1. The van der Waals surface area contributed by atoms with Gasteiger partial charge in [-0.3, -0.25) is 9.98 Å². The standard InChI is InChI=1S/C42H55B2N3O4/c1-13-34(43-48-39(4,5)40(6,7)49-43)24-25-36(29(2)3)46-38(31-22-18-15-19-23-31)47-37(45-12)33-26-32(30-20-16-14-17-21-30)27-35(28-33)44-50-41(8,9)42(10,11)51-44/h13-24,26-29,36H,1,25H2,2-12H3,(H,45,46,47)/b34-24+. The van der Waals surface area contributed by atoms with Gasteiger partial charge >= 0.3 is 14.2 Å². The van der Waals surface area contributed by atoms with E-state index in [0.717, 1.165) is 39.0 Å². The van der Waals surface area contributed by atoms with Gasteiger partial charge in [-0.05, 0) is 95.9 Å². The fourth-order valence-electron chi connectivity index (χ4n) is 6.00. The van der Waals surface area contributed by atoms with Gasteiger partial charge in [0.05, 0.1) is 28.4 Å². The number of rotatable bonds is 10. The summed E-state index contributed by atoms with van der Waals surface area (Å²) in [5.74, 6) is 1.67. The van der Waals surface area contributed by atoms with E-state index in [2.05, 4.69) is 142 Å². The SMILES string of the molecule is C=C/C(=C\CC(N=C(NC(=NC)c1cc(B2OC(C)(C)C(C)(C)O2)cc(-c2ccccc2)c1)c1ccccc1)C(C)C)B1OC(C)(C)C(C)(C)O1. The first-order chi connectivity index (χ1) is 24.0. The van der Waals surface area contributed by atoms with E-state index in [0.29, 0.717) is 12.3 Å². The molecule has 3 aromatic carbocycles. The van der Waals surface area contributed by atoms with Gasteiger partial charge in [-0.15, -0.1) is 0 Å². The van der Waals surface area contributed by atoms with E-state index in [1.807, 2.05) is 30.3 Å². The van der Waals surface area contributed by atoms with Crippen molar-refractivity contribution in [1.29, 1.82) is 0 Å². The van der Waals surface area contributed by atoms with Crippen molar-refractivity contribution in [2.24, 2.45) is 15.9 Å². The molecule has 2 aliphatic heterocycles. The molecule has 51 heavy (non-hydrogen) atoms. The molecule has 7 nitrogen and oxygen atoms in total. The highest BCUT2D eigenvalue weighted by molar-refractivity contribution is 6.62. The number of aliphatic imine (C=N–C) groups is 2. The molecule has 0 saturated carbocycles. The molecule has 0 aromatic heterocycles. The van der Waals surface area contributed by atoms with E-state index in [1.54, 1.807) is 7.05 Å². The summed E-state index contributed by atoms with van der Waals surface area (Å²) in [7, 11) is 0.793. The molecule has 2 heterocycles. The summed E-state index contributed by atoms with van der Waals surface area (Å²) < 4.78 is 25.7. The number of nitrogens with zero attached hydrogens (tertiary/aromatic N) is 2. The molecule has 2 fully saturated rings. The highest BCUT2D eigenvalue weighted by atomic mass is 16.7. The Labute approximate surface area is 306 Å². The van der Waals surface area contributed by atoms with E-state index in [4.69, 9.17) is 28.6 Å². The highest BCUT2D eigenvalue weighted by Gasteiger charge is 2.53. The topological polar surface area (TPSA) is 73.7 Å². The molecular weight excluding hydrogens is 632 g/mol. The number of amidine groups is 2. The maximum absolute atomic E-state index is 6.52. The summed E-state index contributed by atoms with van der Waals surface area (Å²) in [6.07, 6.45) is 4.66. The monoisotopic (exact) mass is 687 g/mol. The van der Waals surface area contributed by atoms with E-state index in [9.17, 15) is 0 Å². The Morgan fingerprint density at radius 2 is 1.27 bits per heavy atom. The van der Waals surface area contributed by atoms with Crippen LogP contribution in [0.2, 0.25) is 0 Å². The normalized spacial score (nSPS) is 20.5. The third-order valence-corrected chi connectivity index (χ3v) is 10.8. The van der Waals surface area contributed by atoms with Gasteiger partial charge in [0.15, 0.2) is 0 Å². The minimum atomic E-state index is -0.530. The molecule has 2 aliphatic rings. The minimum absolute atomic E-state index is 0.0563. The lowest BCUT2D eigenvalue weighted by atomic mass is 9.76. The second-order valence-corrected chi connectivity index (χ2v) is 15.9. The molecule has 1 unspecified atom stereocenters. The molecule has 268 valence electrons. The van der Waals surface area contributed by atoms with E-state index in [-0.39, 0.29) is 12.0 Å². The lowest BCUT2D eigenvalue weighted by molar-refractivity contribution is 0.00578. The molecule has 0 bridgehead atoms. The van der Waals surface area contributed by atoms with Crippen molar-refractivity contribution in [3.8, 4) is 11.1 Å². The molecule has 0 aliphatic carbocycles. The van der Waals surface area contributed by atoms with Gasteiger partial charge in [0.25, 0.3) is 0 Å². The highest BCUT2D eigenvalue weighted by Crippen LogP contribution is 2.39. The molecule has 5 rings (SSSR count).